The minimum Gasteiger partial charge on any atom is -0.356 e. The highest BCUT2D eigenvalue weighted by Gasteiger charge is 2.53. The third-order valence-corrected chi connectivity index (χ3v) is 8.69. The molecule has 0 aliphatic carbocycles. The van der Waals surface area contributed by atoms with Gasteiger partial charge in [0.2, 0.25) is 0 Å². The fraction of sp³-hybridized carbons (Fsp3) is 0.147. The quantitative estimate of drug-likeness (QED) is 0.234. The topological polar surface area (TPSA) is 85.5 Å². The standard InChI is InChI=1S/C34H27ClN4O3/c1-20-10-2-4-12-22(20)31-30-25(23-13-5-8-16-27(23)37-30)18-29-33(41)39(34(42)38(29)31)28-17-9-6-14-24(28)32(40)36-19-21-11-3-7-15-26(21)35/h2-17,29,31,37H,18-19H2,1H3,(H,36,40)/t29-,31-/m0/s1. The predicted octanol–water partition coefficient (Wildman–Crippen LogP) is 6.54. The van der Waals surface area contributed by atoms with Gasteiger partial charge >= 0.3 is 6.03 Å². The maximum atomic E-state index is 14.3. The highest BCUT2D eigenvalue weighted by Crippen LogP contribution is 2.45. The molecule has 0 bridgehead atoms. The predicted molar refractivity (Wildman–Crippen MR) is 163 cm³/mol. The number of carbonyl (C=O) groups excluding carboxylic acids is 3. The van der Waals surface area contributed by atoms with Crippen LogP contribution in [0.25, 0.3) is 10.9 Å². The van der Waals surface area contributed by atoms with Crippen molar-refractivity contribution < 1.29 is 14.4 Å². The molecule has 2 aliphatic rings. The molecule has 1 saturated heterocycles. The van der Waals surface area contributed by atoms with Crippen molar-refractivity contribution in [3.63, 3.8) is 0 Å². The zero-order valence-electron chi connectivity index (χ0n) is 22.8. The Morgan fingerprint density at radius 2 is 1.64 bits per heavy atom. The second kappa shape index (κ2) is 10.2. The molecule has 0 unspecified atom stereocenters. The van der Waals surface area contributed by atoms with Gasteiger partial charge < -0.3 is 10.3 Å². The summed E-state index contributed by atoms with van der Waals surface area (Å²) in [5.74, 6) is -0.747. The van der Waals surface area contributed by atoms with Crippen molar-refractivity contribution in [3.8, 4) is 0 Å². The Labute approximate surface area is 247 Å². The second-order valence-electron chi connectivity index (χ2n) is 10.7. The summed E-state index contributed by atoms with van der Waals surface area (Å²) in [7, 11) is 0. The summed E-state index contributed by atoms with van der Waals surface area (Å²) >= 11 is 6.28. The summed E-state index contributed by atoms with van der Waals surface area (Å²) in [6.07, 6.45) is 0.379. The van der Waals surface area contributed by atoms with Gasteiger partial charge in [-0.1, -0.05) is 84.4 Å². The minimum atomic E-state index is -0.715. The van der Waals surface area contributed by atoms with Crippen LogP contribution in [0.2, 0.25) is 5.02 Å². The number of urea groups is 1. The Kier molecular flexibility index (Phi) is 6.32. The van der Waals surface area contributed by atoms with E-state index in [0.717, 1.165) is 38.9 Å². The Hall–Kier alpha value is -4.88. The number of H-pyrrole nitrogens is 1. The maximum absolute atomic E-state index is 14.3. The van der Waals surface area contributed by atoms with Gasteiger partial charge in [0, 0.05) is 34.6 Å². The Balaban J connectivity index is 1.29. The molecule has 3 heterocycles. The minimum absolute atomic E-state index is 0.209. The van der Waals surface area contributed by atoms with Gasteiger partial charge in [0.25, 0.3) is 11.8 Å². The van der Waals surface area contributed by atoms with E-state index in [9.17, 15) is 14.4 Å². The number of nitrogens with zero attached hydrogens (tertiary/aromatic N) is 2. The van der Waals surface area contributed by atoms with Crippen LogP contribution in [0.5, 0.6) is 0 Å². The lowest BCUT2D eigenvalue weighted by Gasteiger charge is -2.36. The van der Waals surface area contributed by atoms with Crippen LogP contribution in [0, 0.1) is 6.92 Å². The van der Waals surface area contributed by atoms with Crippen molar-refractivity contribution in [1.82, 2.24) is 15.2 Å². The van der Waals surface area contributed by atoms with Gasteiger partial charge in [0.15, 0.2) is 0 Å². The number of aromatic nitrogens is 1. The molecule has 0 spiro atoms. The fourth-order valence-electron chi connectivity index (χ4n) is 6.29. The molecule has 4 aromatic carbocycles. The molecule has 2 N–H and O–H groups in total. The van der Waals surface area contributed by atoms with E-state index in [1.807, 2.05) is 73.7 Å². The monoisotopic (exact) mass is 574 g/mol. The molecular weight excluding hydrogens is 548 g/mol. The molecule has 0 saturated carbocycles. The highest BCUT2D eigenvalue weighted by atomic mass is 35.5. The average molecular weight is 575 g/mol. The van der Waals surface area contributed by atoms with Gasteiger partial charge in [-0.25, -0.2) is 9.69 Å². The van der Waals surface area contributed by atoms with Crippen LogP contribution in [0.15, 0.2) is 97.1 Å². The average Bonchev–Trinajstić information content (AvgIpc) is 3.50. The molecule has 7 rings (SSSR count). The normalized spacial score (nSPS) is 17.9. The Bertz CT molecular complexity index is 1900. The van der Waals surface area contributed by atoms with Crippen molar-refractivity contribution in [2.45, 2.75) is 32.0 Å². The summed E-state index contributed by atoms with van der Waals surface area (Å²) < 4.78 is 0. The number of nitrogens with one attached hydrogen (secondary N) is 2. The number of anilines is 1. The van der Waals surface area contributed by atoms with Crippen LogP contribution >= 0.6 is 11.6 Å². The lowest BCUT2D eigenvalue weighted by molar-refractivity contribution is -0.120. The van der Waals surface area contributed by atoms with Crippen LogP contribution in [0.4, 0.5) is 10.5 Å². The number of fused-ring (bicyclic) bond motifs is 4. The first kappa shape index (κ1) is 26.0. The van der Waals surface area contributed by atoms with Crippen LogP contribution in [0.1, 0.15) is 44.3 Å². The first-order chi connectivity index (χ1) is 20.4. The van der Waals surface area contributed by atoms with Gasteiger partial charge in [0.05, 0.1) is 11.3 Å². The summed E-state index contributed by atoms with van der Waals surface area (Å²) in [4.78, 5) is 48.4. The summed E-state index contributed by atoms with van der Waals surface area (Å²) in [5, 5.41) is 4.49. The van der Waals surface area contributed by atoms with Crippen LogP contribution in [-0.2, 0) is 17.8 Å². The second-order valence-corrected chi connectivity index (χ2v) is 11.1. The summed E-state index contributed by atoms with van der Waals surface area (Å²) in [5.41, 5.74) is 6.15. The van der Waals surface area contributed by atoms with Crippen LogP contribution in [-0.4, -0.2) is 33.8 Å². The number of hydrogen-bond donors (Lipinski definition) is 2. The lowest BCUT2D eigenvalue weighted by Crippen LogP contribution is -2.44. The molecular formula is C34H27ClN4O3. The smallest absolute Gasteiger partial charge is 0.332 e. The van der Waals surface area contributed by atoms with Gasteiger partial charge in [-0.05, 0) is 53.4 Å². The van der Waals surface area contributed by atoms with E-state index in [1.165, 1.54) is 4.90 Å². The van der Waals surface area contributed by atoms with E-state index in [-0.39, 0.29) is 23.7 Å². The largest absolute Gasteiger partial charge is 0.356 e. The van der Waals surface area contributed by atoms with E-state index >= 15 is 0 Å². The SMILES string of the molecule is Cc1ccccc1[C@H]1c2[nH]c3ccccc3c2C[C@H]2C(=O)N(c3ccccc3C(=O)NCc3ccccc3Cl)C(=O)N12. The molecule has 208 valence electrons. The van der Waals surface area contributed by atoms with Gasteiger partial charge in [0.1, 0.15) is 12.1 Å². The molecule has 2 atom stereocenters. The molecule has 5 aromatic rings. The van der Waals surface area contributed by atoms with Gasteiger partial charge in [-0.15, -0.1) is 0 Å². The molecule has 1 aromatic heterocycles. The summed E-state index contributed by atoms with van der Waals surface area (Å²) in [6, 6.07) is 28.3. The molecule has 8 heteroatoms. The van der Waals surface area contributed by atoms with Crippen molar-refractivity contribution in [2.24, 2.45) is 0 Å². The number of benzene rings is 4. The van der Waals surface area contributed by atoms with Crippen molar-refractivity contribution in [1.29, 1.82) is 0 Å². The van der Waals surface area contributed by atoms with Crippen LogP contribution < -0.4 is 10.2 Å². The summed E-state index contributed by atoms with van der Waals surface area (Å²) in [6.45, 7) is 2.22. The number of imide groups is 1. The molecule has 4 amide bonds. The molecule has 1 fully saturated rings. The first-order valence-corrected chi connectivity index (χ1v) is 14.2. The first-order valence-electron chi connectivity index (χ1n) is 13.9. The Morgan fingerprint density at radius 1 is 0.929 bits per heavy atom. The highest BCUT2D eigenvalue weighted by molar-refractivity contribution is 6.31. The number of para-hydroxylation sites is 2. The molecule has 42 heavy (non-hydrogen) atoms. The number of amides is 4. The van der Waals surface area contributed by atoms with Crippen molar-refractivity contribution >= 4 is 46.0 Å². The maximum Gasteiger partial charge on any atom is 0.332 e. The number of rotatable bonds is 5. The van der Waals surface area contributed by atoms with E-state index < -0.39 is 24.0 Å². The Morgan fingerprint density at radius 3 is 2.48 bits per heavy atom. The number of aromatic amines is 1. The zero-order chi connectivity index (χ0) is 29.0. The lowest BCUT2D eigenvalue weighted by atomic mass is 9.87. The third kappa shape index (κ3) is 4.08. The van der Waals surface area contributed by atoms with Crippen molar-refractivity contribution in [3.05, 3.63) is 136 Å². The number of halogens is 1. The van der Waals surface area contributed by atoms with Crippen LogP contribution in [0.3, 0.4) is 0 Å². The van der Waals surface area contributed by atoms with Gasteiger partial charge in [-0.3, -0.25) is 14.5 Å². The molecule has 2 aliphatic heterocycles. The number of carbonyl (C=O) groups is 3. The number of aryl methyl sites for hydroxylation is 1. The van der Waals surface area contributed by atoms with E-state index in [4.69, 9.17) is 11.6 Å². The van der Waals surface area contributed by atoms with Gasteiger partial charge in [-0.2, -0.15) is 0 Å². The molecule has 0 radical (unpaired) electrons. The van der Waals surface area contributed by atoms with E-state index in [1.54, 1.807) is 35.2 Å². The van der Waals surface area contributed by atoms with Crippen molar-refractivity contribution in [2.75, 3.05) is 4.90 Å². The van der Waals surface area contributed by atoms with E-state index in [0.29, 0.717) is 11.4 Å². The number of hydrogen-bond acceptors (Lipinski definition) is 3. The zero-order valence-corrected chi connectivity index (χ0v) is 23.6. The molecule has 7 nitrogen and oxygen atoms in total. The third-order valence-electron chi connectivity index (χ3n) is 8.32. The fourth-order valence-corrected chi connectivity index (χ4v) is 6.49. The van der Waals surface area contributed by atoms with E-state index in [2.05, 4.69) is 10.3 Å².